The second kappa shape index (κ2) is 13.3. The first-order chi connectivity index (χ1) is 14.2. The third kappa shape index (κ3) is 9.02. The molecule has 0 bridgehead atoms. The van der Waals surface area contributed by atoms with Gasteiger partial charge in [-0.1, -0.05) is 0 Å². The molecule has 0 aromatic carbocycles. The van der Waals surface area contributed by atoms with E-state index in [4.69, 9.17) is 14.5 Å². The van der Waals surface area contributed by atoms with Crippen LogP contribution < -0.4 is 5.32 Å². The molecule has 2 aliphatic heterocycles. The molecule has 0 radical (unpaired) electrons. The smallest absolute Gasteiger partial charge is 0.410 e. The van der Waals surface area contributed by atoms with Crippen molar-refractivity contribution in [3.05, 3.63) is 0 Å². The highest BCUT2D eigenvalue weighted by Gasteiger charge is 2.31. The third-order valence-corrected chi connectivity index (χ3v) is 5.46. The number of amides is 1. The van der Waals surface area contributed by atoms with Crippen molar-refractivity contribution >= 4 is 42.0 Å². The maximum atomic E-state index is 12.6. The van der Waals surface area contributed by atoms with Gasteiger partial charge in [-0.25, -0.2) is 4.79 Å². The zero-order valence-electron chi connectivity index (χ0n) is 19.8. The maximum Gasteiger partial charge on any atom is 0.410 e. The minimum absolute atomic E-state index is 0. The number of esters is 1. The number of rotatable bonds is 5. The van der Waals surface area contributed by atoms with Crippen molar-refractivity contribution in [1.29, 1.82) is 0 Å². The first-order valence-electron chi connectivity index (χ1n) is 11.4. The standard InChI is InChI=1S/C22H40N4O4.HI/c1-6-23-20(25-14-11-17(12-15-25)19(27)29-7-2)24-16-18-10-8-9-13-26(18)21(28)30-22(3,4)5;/h17-18H,6-16H2,1-5H3,(H,23,24);1H. The molecule has 0 spiro atoms. The van der Waals surface area contributed by atoms with Gasteiger partial charge in [0.2, 0.25) is 0 Å². The summed E-state index contributed by atoms with van der Waals surface area (Å²) in [4.78, 5) is 33.5. The van der Waals surface area contributed by atoms with Crippen molar-refractivity contribution in [3.63, 3.8) is 0 Å². The molecular weight excluding hydrogens is 511 g/mol. The number of guanidine groups is 1. The molecule has 8 nitrogen and oxygen atoms in total. The molecule has 2 fully saturated rings. The van der Waals surface area contributed by atoms with E-state index in [9.17, 15) is 9.59 Å². The number of hydrogen-bond acceptors (Lipinski definition) is 5. The lowest BCUT2D eigenvalue weighted by molar-refractivity contribution is -0.149. The minimum Gasteiger partial charge on any atom is -0.466 e. The van der Waals surface area contributed by atoms with Crippen molar-refractivity contribution in [1.82, 2.24) is 15.1 Å². The fraction of sp³-hybridized carbons (Fsp3) is 0.864. The van der Waals surface area contributed by atoms with Gasteiger partial charge in [0.15, 0.2) is 5.96 Å². The Bertz CT molecular complexity index is 601. The van der Waals surface area contributed by atoms with Crippen molar-refractivity contribution in [2.75, 3.05) is 39.3 Å². The number of carbonyl (C=O) groups excluding carboxylic acids is 2. The van der Waals surface area contributed by atoms with E-state index in [1.54, 1.807) is 0 Å². The molecule has 1 unspecified atom stereocenters. The van der Waals surface area contributed by atoms with E-state index in [0.717, 1.165) is 64.2 Å². The summed E-state index contributed by atoms with van der Waals surface area (Å²) < 4.78 is 10.8. The molecule has 9 heteroatoms. The second-order valence-electron chi connectivity index (χ2n) is 9.03. The molecule has 1 amide bonds. The van der Waals surface area contributed by atoms with Gasteiger partial charge < -0.3 is 24.6 Å². The zero-order valence-corrected chi connectivity index (χ0v) is 22.1. The van der Waals surface area contributed by atoms with E-state index in [2.05, 4.69) is 17.1 Å². The Balaban J connectivity index is 0.00000480. The van der Waals surface area contributed by atoms with E-state index < -0.39 is 5.60 Å². The predicted octanol–water partition coefficient (Wildman–Crippen LogP) is 3.63. The molecule has 31 heavy (non-hydrogen) atoms. The van der Waals surface area contributed by atoms with Gasteiger partial charge in [0, 0.05) is 26.2 Å². The Morgan fingerprint density at radius 1 is 1.06 bits per heavy atom. The summed E-state index contributed by atoms with van der Waals surface area (Å²) in [6, 6.07) is 0.0549. The van der Waals surface area contributed by atoms with Crippen LogP contribution in [0.4, 0.5) is 4.79 Å². The van der Waals surface area contributed by atoms with Gasteiger partial charge in [0.05, 0.1) is 25.1 Å². The summed E-state index contributed by atoms with van der Waals surface area (Å²) >= 11 is 0. The number of nitrogens with one attached hydrogen (secondary N) is 1. The van der Waals surface area contributed by atoms with Gasteiger partial charge in [-0.15, -0.1) is 24.0 Å². The Labute approximate surface area is 204 Å². The van der Waals surface area contributed by atoms with Gasteiger partial charge in [0.25, 0.3) is 0 Å². The average Bonchev–Trinajstić information content (AvgIpc) is 2.70. The lowest BCUT2D eigenvalue weighted by atomic mass is 9.97. The molecule has 180 valence electrons. The van der Waals surface area contributed by atoms with E-state index in [-0.39, 0.29) is 48.0 Å². The highest BCUT2D eigenvalue weighted by Crippen LogP contribution is 2.22. The van der Waals surface area contributed by atoms with Crippen molar-refractivity contribution < 1.29 is 19.1 Å². The first kappa shape index (κ1) is 27.8. The molecule has 1 atom stereocenters. The quantitative estimate of drug-likeness (QED) is 0.243. The summed E-state index contributed by atoms with van der Waals surface area (Å²) in [5, 5.41) is 3.37. The third-order valence-electron chi connectivity index (χ3n) is 5.46. The molecule has 0 saturated carbocycles. The highest BCUT2D eigenvalue weighted by atomic mass is 127. The van der Waals surface area contributed by atoms with Gasteiger partial charge in [-0.3, -0.25) is 9.79 Å². The van der Waals surface area contributed by atoms with Crippen LogP contribution in [0.15, 0.2) is 4.99 Å². The average molecular weight is 552 g/mol. The van der Waals surface area contributed by atoms with Crippen LogP contribution in [0, 0.1) is 5.92 Å². The number of carbonyl (C=O) groups is 2. The number of nitrogens with zero attached hydrogens (tertiary/aromatic N) is 3. The van der Waals surface area contributed by atoms with E-state index in [1.165, 1.54) is 0 Å². The van der Waals surface area contributed by atoms with Crippen LogP contribution in [0.1, 0.15) is 66.7 Å². The largest absolute Gasteiger partial charge is 0.466 e. The first-order valence-corrected chi connectivity index (χ1v) is 11.4. The molecule has 0 aliphatic carbocycles. The van der Waals surface area contributed by atoms with Gasteiger partial charge in [-0.2, -0.15) is 0 Å². The van der Waals surface area contributed by atoms with Crippen LogP contribution in [-0.2, 0) is 14.3 Å². The van der Waals surface area contributed by atoms with Gasteiger partial charge in [0.1, 0.15) is 5.60 Å². The fourth-order valence-corrected chi connectivity index (χ4v) is 3.96. The molecule has 2 saturated heterocycles. The van der Waals surface area contributed by atoms with Crippen LogP contribution >= 0.6 is 24.0 Å². The highest BCUT2D eigenvalue weighted by molar-refractivity contribution is 14.0. The number of halogens is 1. The number of hydrogen-bond donors (Lipinski definition) is 1. The van der Waals surface area contributed by atoms with Crippen LogP contribution in [0.25, 0.3) is 0 Å². The molecule has 0 aromatic rings. The molecule has 2 aliphatic rings. The van der Waals surface area contributed by atoms with Crippen molar-refractivity contribution in [2.24, 2.45) is 10.9 Å². The Morgan fingerprint density at radius 2 is 1.74 bits per heavy atom. The fourth-order valence-electron chi connectivity index (χ4n) is 3.96. The lowest BCUT2D eigenvalue weighted by Crippen LogP contribution is -2.49. The Morgan fingerprint density at radius 3 is 2.32 bits per heavy atom. The maximum absolute atomic E-state index is 12.6. The summed E-state index contributed by atoms with van der Waals surface area (Å²) in [5.74, 6) is 0.744. The predicted molar refractivity (Wildman–Crippen MR) is 133 cm³/mol. The Hall–Kier alpha value is -1.26. The van der Waals surface area contributed by atoms with Crippen LogP contribution in [0.5, 0.6) is 0 Å². The minimum atomic E-state index is -0.499. The topological polar surface area (TPSA) is 83.5 Å². The Kier molecular flexibility index (Phi) is 11.9. The van der Waals surface area contributed by atoms with Crippen LogP contribution in [-0.4, -0.2) is 78.8 Å². The van der Waals surface area contributed by atoms with E-state index in [1.807, 2.05) is 32.6 Å². The normalized spacial score (nSPS) is 20.7. The van der Waals surface area contributed by atoms with E-state index >= 15 is 0 Å². The zero-order chi connectivity index (χ0) is 22.1. The molecule has 1 N–H and O–H groups in total. The summed E-state index contributed by atoms with van der Waals surface area (Å²) in [6.07, 6.45) is 4.34. The lowest BCUT2D eigenvalue weighted by Gasteiger charge is -2.37. The number of ether oxygens (including phenoxy) is 2. The molecular formula is C22H41IN4O4. The molecule has 0 aromatic heterocycles. The molecule has 2 heterocycles. The van der Waals surface area contributed by atoms with Crippen LogP contribution in [0.3, 0.4) is 0 Å². The summed E-state index contributed by atoms with van der Waals surface area (Å²) in [6.45, 7) is 13.6. The number of aliphatic imine (C=N–C) groups is 1. The monoisotopic (exact) mass is 552 g/mol. The van der Waals surface area contributed by atoms with E-state index in [0.29, 0.717) is 13.2 Å². The number of likely N-dealkylation sites (tertiary alicyclic amines) is 2. The van der Waals surface area contributed by atoms with Crippen molar-refractivity contribution in [2.45, 2.75) is 78.4 Å². The van der Waals surface area contributed by atoms with Gasteiger partial charge >= 0.3 is 12.1 Å². The summed E-state index contributed by atoms with van der Waals surface area (Å²) in [5.41, 5.74) is -0.499. The number of piperidine rings is 2. The molecule has 2 rings (SSSR count). The van der Waals surface area contributed by atoms with Crippen molar-refractivity contribution in [3.8, 4) is 0 Å². The summed E-state index contributed by atoms with van der Waals surface area (Å²) in [7, 11) is 0. The van der Waals surface area contributed by atoms with Gasteiger partial charge in [-0.05, 0) is 66.7 Å². The van der Waals surface area contributed by atoms with Crippen LogP contribution in [0.2, 0.25) is 0 Å². The second-order valence-corrected chi connectivity index (χ2v) is 9.03. The SMILES string of the molecule is CCNC(=NCC1CCCCN1C(=O)OC(C)(C)C)N1CCC(C(=O)OCC)CC1.I.